The van der Waals surface area contributed by atoms with Crippen molar-refractivity contribution in [3.8, 4) is 5.75 Å². The highest BCUT2D eigenvalue weighted by molar-refractivity contribution is 5.88. The zero-order valence-corrected chi connectivity index (χ0v) is 19.2. The summed E-state index contributed by atoms with van der Waals surface area (Å²) < 4.78 is 33.4. The van der Waals surface area contributed by atoms with Crippen molar-refractivity contribution in [2.24, 2.45) is 0 Å². The molecule has 1 aliphatic heterocycles. The average Bonchev–Trinajstić information content (AvgIpc) is 2.75. The van der Waals surface area contributed by atoms with E-state index in [0.29, 0.717) is 5.75 Å². The second-order valence-electron chi connectivity index (χ2n) is 7.66. The van der Waals surface area contributed by atoms with Gasteiger partial charge in [0.25, 0.3) is 0 Å². The van der Waals surface area contributed by atoms with Crippen molar-refractivity contribution in [2.45, 2.75) is 58.4 Å². The fourth-order valence-corrected chi connectivity index (χ4v) is 3.71. The van der Waals surface area contributed by atoms with Crippen molar-refractivity contribution in [1.29, 1.82) is 0 Å². The van der Waals surface area contributed by atoms with E-state index in [1.807, 2.05) is 30.3 Å². The van der Waals surface area contributed by atoms with Gasteiger partial charge in [0.2, 0.25) is 12.4 Å². The number of hydrogen-bond acceptors (Lipinski definition) is 10. The third-order valence-corrected chi connectivity index (χ3v) is 4.94. The van der Waals surface area contributed by atoms with E-state index < -0.39 is 54.6 Å². The Hall–Kier alpha value is -3.66. The monoisotopic (exact) mass is 474 g/mol. The molecular formula is C24H26O10. The van der Waals surface area contributed by atoms with Gasteiger partial charge in [0.05, 0.1) is 0 Å². The average molecular weight is 474 g/mol. The minimum atomic E-state index is -1.29. The molecule has 0 radical (unpaired) electrons. The van der Waals surface area contributed by atoms with E-state index in [4.69, 9.17) is 28.4 Å². The molecule has 0 aliphatic carbocycles. The third-order valence-electron chi connectivity index (χ3n) is 4.94. The van der Waals surface area contributed by atoms with Gasteiger partial charge in [-0.1, -0.05) is 36.4 Å². The Balaban J connectivity index is 2.03. The first kappa shape index (κ1) is 25.0. The molecule has 0 saturated carbocycles. The highest BCUT2D eigenvalue weighted by atomic mass is 16.7. The number of hydrogen-bond donors (Lipinski definition) is 0. The molecule has 10 nitrogen and oxygen atoms in total. The highest BCUT2D eigenvalue weighted by Gasteiger charge is 2.53. The Labute approximate surface area is 196 Å². The molecule has 0 amide bonds. The third kappa shape index (κ3) is 6.22. The zero-order valence-electron chi connectivity index (χ0n) is 19.2. The fourth-order valence-electron chi connectivity index (χ4n) is 3.71. The molecule has 10 heteroatoms. The molecule has 0 spiro atoms. The SMILES string of the molecule is CC(=O)OC[C@H]1O[C@@H](Oc2cccc3ccccc23)[C@@H](OC(C)=O)[C@@H](OC(C)=O)[C@H]1OC(C)=O. The summed E-state index contributed by atoms with van der Waals surface area (Å²) >= 11 is 0. The van der Waals surface area contributed by atoms with Gasteiger partial charge in [0, 0.05) is 33.1 Å². The molecule has 1 heterocycles. The van der Waals surface area contributed by atoms with Crippen LogP contribution in [0.3, 0.4) is 0 Å². The lowest BCUT2D eigenvalue weighted by molar-refractivity contribution is -0.288. The number of carbonyl (C=O) groups is 4. The van der Waals surface area contributed by atoms with Crippen LogP contribution in [0.4, 0.5) is 0 Å². The molecule has 3 rings (SSSR count). The Morgan fingerprint density at radius 2 is 1.32 bits per heavy atom. The van der Waals surface area contributed by atoms with Crippen LogP contribution in [-0.2, 0) is 42.9 Å². The van der Waals surface area contributed by atoms with E-state index in [0.717, 1.165) is 24.6 Å². The molecule has 5 atom stereocenters. The minimum absolute atomic E-state index is 0.326. The first-order valence-corrected chi connectivity index (χ1v) is 10.6. The molecule has 0 aromatic heterocycles. The van der Waals surface area contributed by atoms with Crippen molar-refractivity contribution in [3.05, 3.63) is 42.5 Å². The maximum absolute atomic E-state index is 11.9. The number of benzene rings is 2. The summed E-state index contributed by atoms with van der Waals surface area (Å²) in [5, 5.41) is 1.66. The Bertz CT molecular complexity index is 1060. The molecule has 34 heavy (non-hydrogen) atoms. The Morgan fingerprint density at radius 3 is 1.97 bits per heavy atom. The molecule has 1 saturated heterocycles. The van der Waals surface area contributed by atoms with E-state index in [9.17, 15) is 19.2 Å². The smallest absolute Gasteiger partial charge is 0.303 e. The van der Waals surface area contributed by atoms with E-state index in [1.165, 1.54) is 13.8 Å². The fraction of sp³-hybridized carbons (Fsp3) is 0.417. The van der Waals surface area contributed by atoms with Crippen LogP contribution >= 0.6 is 0 Å². The van der Waals surface area contributed by atoms with Gasteiger partial charge in [-0.05, 0) is 11.5 Å². The molecule has 0 unspecified atom stereocenters. The van der Waals surface area contributed by atoms with Crippen molar-refractivity contribution in [2.75, 3.05) is 6.61 Å². The lowest BCUT2D eigenvalue weighted by atomic mass is 9.98. The molecular weight excluding hydrogens is 448 g/mol. The normalized spacial score (nSPS) is 24.1. The van der Waals surface area contributed by atoms with E-state index in [1.54, 1.807) is 12.1 Å². The van der Waals surface area contributed by atoms with Crippen LogP contribution in [0.1, 0.15) is 27.7 Å². The van der Waals surface area contributed by atoms with Crippen LogP contribution in [0.5, 0.6) is 5.75 Å². The number of fused-ring (bicyclic) bond motifs is 1. The number of esters is 4. The quantitative estimate of drug-likeness (QED) is 0.436. The number of rotatable bonds is 7. The molecule has 1 fully saturated rings. The summed E-state index contributed by atoms with van der Waals surface area (Å²) in [5.41, 5.74) is 0. The minimum Gasteiger partial charge on any atom is -0.463 e. The van der Waals surface area contributed by atoms with Gasteiger partial charge in [-0.3, -0.25) is 19.2 Å². The Morgan fingerprint density at radius 1 is 0.735 bits per heavy atom. The van der Waals surface area contributed by atoms with Crippen LogP contribution in [-0.4, -0.2) is 61.2 Å². The van der Waals surface area contributed by atoms with Crippen LogP contribution < -0.4 is 4.74 Å². The second kappa shape index (κ2) is 11.0. The summed E-state index contributed by atoms with van der Waals surface area (Å²) in [6.07, 6.45) is -6.19. The molecule has 0 bridgehead atoms. The van der Waals surface area contributed by atoms with E-state index in [2.05, 4.69) is 0 Å². The molecule has 2 aromatic rings. The summed E-state index contributed by atoms with van der Waals surface area (Å²) in [4.78, 5) is 47.1. The van der Waals surface area contributed by atoms with Crippen molar-refractivity contribution < 1.29 is 47.6 Å². The zero-order chi connectivity index (χ0) is 24.8. The van der Waals surface area contributed by atoms with Crippen LogP contribution in [0.2, 0.25) is 0 Å². The maximum Gasteiger partial charge on any atom is 0.303 e. The van der Waals surface area contributed by atoms with Gasteiger partial charge < -0.3 is 28.4 Å². The summed E-state index contributed by atoms with van der Waals surface area (Å²) in [7, 11) is 0. The molecule has 1 aliphatic rings. The topological polar surface area (TPSA) is 124 Å². The van der Waals surface area contributed by atoms with Gasteiger partial charge in [0.15, 0.2) is 12.2 Å². The van der Waals surface area contributed by atoms with Gasteiger partial charge in [-0.25, -0.2) is 0 Å². The van der Waals surface area contributed by atoms with Crippen LogP contribution in [0.25, 0.3) is 10.8 Å². The van der Waals surface area contributed by atoms with E-state index >= 15 is 0 Å². The van der Waals surface area contributed by atoms with Gasteiger partial charge in [-0.15, -0.1) is 0 Å². The van der Waals surface area contributed by atoms with Crippen LogP contribution in [0.15, 0.2) is 42.5 Å². The predicted octanol–water partition coefficient (Wildman–Crippen LogP) is 2.30. The predicted molar refractivity (Wildman–Crippen MR) is 117 cm³/mol. The molecule has 0 N–H and O–H groups in total. The maximum atomic E-state index is 11.9. The van der Waals surface area contributed by atoms with Gasteiger partial charge in [0.1, 0.15) is 18.5 Å². The Kier molecular flexibility index (Phi) is 8.06. The van der Waals surface area contributed by atoms with Crippen molar-refractivity contribution in [1.82, 2.24) is 0 Å². The van der Waals surface area contributed by atoms with Gasteiger partial charge >= 0.3 is 23.9 Å². The highest BCUT2D eigenvalue weighted by Crippen LogP contribution is 2.33. The summed E-state index contributed by atoms with van der Waals surface area (Å²) in [6, 6.07) is 12.8. The summed E-state index contributed by atoms with van der Waals surface area (Å²) in [6.45, 7) is 4.37. The standard InChI is InChI=1S/C24H26O10/c1-13(25)29-12-20-21(30-14(2)26)22(31-15(3)27)23(32-16(4)28)24(34-20)33-19-11-7-9-17-8-5-6-10-18(17)19/h5-11,20-24H,12H2,1-4H3/t20-,21+,22+,23+,24-/m1/s1. The van der Waals surface area contributed by atoms with E-state index in [-0.39, 0.29) is 6.61 Å². The second-order valence-corrected chi connectivity index (χ2v) is 7.66. The molecule has 2 aromatic carbocycles. The first-order chi connectivity index (χ1) is 16.2. The number of carbonyl (C=O) groups excluding carboxylic acids is 4. The first-order valence-electron chi connectivity index (χ1n) is 10.6. The van der Waals surface area contributed by atoms with Crippen molar-refractivity contribution in [3.63, 3.8) is 0 Å². The largest absolute Gasteiger partial charge is 0.463 e. The van der Waals surface area contributed by atoms with Crippen molar-refractivity contribution >= 4 is 34.6 Å². The molecule has 182 valence electrons. The number of ether oxygens (including phenoxy) is 6. The van der Waals surface area contributed by atoms with Crippen LogP contribution in [0, 0.1) is 0 Å². The summed E-state index contributed by atoms with van der Waals surface area (Å²) in [5.74, 6) is -2.29. The lowest BCUT2D eigenvalue weighted by Gasteiger charge is -2.44. The lowest BCUT2D eigenvalue weighted by Crippen LogP contribution is -2.63. The van der Waals surface area contributed by atoms with Gasteiger partial charge in [-0.2, -0.15) is 0 Å².